The number of nitrogens with zero attached hydrogens (tertiary/aromatic N) is 2. The van der Waals surface area contributed by atoms with E-state index in [0.717, 1.165) is 23.7 Å². The summed E-state index contributed by atoms with van der Waals surface area (Å²) in [6.07, 6.45) is 1.03. The molecule has 0 bridgehead atoms. The molecule has 0 fully saturated rings. The van der Waals surface area contributed by atoms with Crippen LogP contribution in [-0.2, 0) is 13.0 Å². The standard InChI is InChI=1S/C15H23N3S2/c1-10(2)6-11-13(7-17-15(3,4)5)20-14(18-11)12-8-19-9-16-12/h8-10,17H,6-7H2,1-5H3. The highest BCUT2D eigenvalue weighted by atomic mass is 32.1. The number of aromatic nitrogens is 2. The lowest BCUT2D eigenvalue weighted by Crippen LogP contribution is -2.35. The fourth-order valence-electron chi connectivity index (χ4n) is 1.84. The van der Waals surface area contributed by atoms with Crippen LogP contribution in [0.3, 0.4) is 0 Å². The summed E-state index contributed by atoms with van der Waals surface area (Å²) in [4.78, 5) is 10.5. The molecule has 110 valence electrons. The van der Waals surface area contributed by atoms with E-state index in [2.05, 4.69) is 50.3 Å². The molecule has 0 aliphatic carbocycles. The van der Waals surface area contributed by atoms with Crippen molar-refractivity contribution in [2.45, 2.75) is 53.1 Å². The van der Waals surface area contributed by atoms with E-state index in [-0.39, 0.29) is 5.54 Å². The smallest absolute Gasteiger partial charge is 0.143 e. The van der Waals surface area contributed by atoms with E-state index in [0.29, 0.717) is 5.92 Å². The molecular formula is C15H23N3S2. The summed E-state index contributed by atoms with van der Waals surface area (Å²) in [6, 6.07) is 0. The van der Waals surface area contributed by atoms with E-state index < -0.39 is 0 Å². The molecule has 5 heteroatoms. The third kappa shape index (κ3) is 4.36. The van der Waals surface area contributed by atoms with Crippen molar-refractivity contribution in [3.63, 3.8) is 0 Å². The van der Waals surface area contributed by atoms with Gasteiger partial charge in [-0.1, -0.05) is 13.8 Å². The summed E-state index contributed by atoms with van der Waals surface area (Å²) < 4.78 is 0. The van der Waals surface area contributed by atoms with Gasteiger partial charge in [0.1, 0.15) is 10.7 Å². The van der Waals surface area contributed by atoms with Gasteiger partial charge in [-0.25, -0.2) is 9.97 Å². The van der Waals surface area contributed by atoms with Gasteiger partial charge in [0.05, 0.1) is 11.2 Å². The summed E-state index contributed by atoms with van der Waals surface area (Å²) in [5, 5.41) is 6.68. The van der Waals surface area contributed by atoms with Gasteiger partial charge in [-0.05, 0) is 33.1 Å². The first-order valence-corrected chi connectivity index (χ1v) is 8.73. The molecule has 0 unspecified atom stereocenters. The molecule has 2 rings (SSSR count). The first-order valence-electron chi connectivity index (χ1n) is 6.97. The monoisotopic (exact) mass is 309 g/mol. The lowest BCUT2D eigenvalue weighted by atomic mass is 10.1. The Labute approximate surface area is 129 Å². The van der Waals surface area contributed by atoms with Gasteiger partial charge >= 0.3 is 0 Å². The van der Waals surface area contributed by atoms with Crippen LogP contribution in [0.1, 0.15) is 45.2 Å². The Kier molecular flexibility index (Phi) is 4.94. The zero-order valence-electron chi connectivity index (χ0n) is 12.9. The Morgan fingerprint density at radius 2 is 2.05 bits per heavy atom. The predicted molar refractivity (Wildman–Crippen MR) is 88.4 cm³/mol. The van der Waals surface area contributed by atoms with Crippen molar-refractivity contribution in [2.75, 3.05) is 0 Å². The van der Waals surface area contributed by atoms with Gasteiger partial charge in [0.15, 0.2) is 0 Å². The largest absolute Gasteiger partial charge is 0.307 e. The van der Waals surface area contributed by atoms with Gasteiger partial charge in [0.25, 0.3) is 0 Å². The number of hydrogen-bond donors (Lipinski definition) is 1. The van der Waals surface area contributed by atoms with Crippen LogP contribution in [0.25, 0.3) is 10.7 Å². The van der Waals surface area contributed by atoms with Gasteiger partial charge < -0.3 is 5.32 Å². The number of nitrogens with one attached hydrogen (secondary N) is 1. The van der Waals surface area contributed by atoms with Crippen LogP contribution in [0.2, 0.25) is 0 Å². The third-order valence-corrected chi connectivity index (χ3v) is 4.52. The van der Waals surface area contributed by atoms with Crippen LogP contribution >= 0.6 is 22.7 Å². The van der Waals surface area contributed by atoms with Crippen LogP contribution in [0.5, 0.6) is 0 Å². The Balaban J connectivity index is 2.23. The molecule has 0 saturated carbocycles. The molecule has 0 atom stereocenters. The highest BCUT2D eigenvalue weighted by molar-refractivity contribution is 7.15. The number of rotatable bonds is 5. The van der Waals surface area contributed by atoms with Crippen LogP contribution in [-0.4, -0.2) is 15.5 Å². The van der Waals surface area contributed by atoms with E-state index >= 15 is 0 Å². The zero-order chi connectivity index (χ0) is 14.8. The normalized spacial score (nSPS) is 12.3. The second-order valence-corrected chi connectivity index (χ2v) is 8.27. The Morgan fingerprint density at radius 3 is 2.60 bits per heavy atom. The first-order chi connectivity index (χ1) is 9.35. The molecule has 0 aromatic carbocycles. The zero-order valence-corrected chi connectivity index (χ0v) is 14.5. The van der Waals surface area contributed by atoms with E-state index in [1.807, 2.05) is 5.51 Å². The van der Waals surface area contributed by atoms with Crippen molar-refractivity contribution in [3.05, 3.63) is 21.5 Å². The number of hydrogen-bond acceptors (Lipinski definition) is 5. The summed E-state index contributed by atoms with van der Waals surface area (Å²) in [6.45, 7) is 11.9. The third-order valence-electron chi connectivity index (χ3n) is 2.81. The number of thiazole rings is 2. The average Bonchev–Trinajstić information content (AvgIpc) is 2.93. The van der Waals surface area contributed by atoms with Crippen LogP contribution in [0.15, 0.2) is 10.9 Å². The van der Waals surface area contributed by atoms with Gasteiger partial charge in [0, 0.05) is 22.3 Å². The highest BCUT2D eigenvalue weighted by Gasteiger charge is 2.17. The van der Waals surface area contributed by atoms with E-state index in [1.165, 1.54) is 10.6 Å². The fourth-order valence-corrected chi connectivity index (χ4v) is 3.45. The van der Waals surface area contributed by atoms with Gasteiger partial charge in [-0.2, -0.15) is 0 Å². The van der Waals surface area contributed by atoms with Gasteiger partial charge in [-0.15, -0.1) is 22.7 Å². The van der Waals surface area contributed by atoms with E-state index in [9.17, 15) is 0 Å². The topological polar surface area (TPSA) is 37.8 Å². The van der Waals surface area contributed by atoms with Crippen molar-refractivity contribution < 1.29 is 0 Å². The SMILES string of the molecule is CC(C)Cc1nc(-c2cscn2)sc1CNC(C)(C)C. The lowest BCUT2D eigenvalue weighted by molar-refractivity contribution is 0.425. The maximum Gasteiger partial charge on any atom is 0.143 e. The summed E-state index contributed by atoms with van der Waals surface area (Å²) in [5.74, 6) is 0.619. The van der Waals surface area contributed by atoms with Crippen LogP contribution < -0.4 is 5.32 Å². The molecule has 0 saturated heterocycles. The molecule has 1 N–H and O–H groups in total. The Morgan fingerprint density at radius 1 is 1.30 bits per heavy atom. The molecule has 2 heterocycles. The van der Waals surface area contributed by atoms with Crippen molar-refractivity contribution in [3.8, 4) is 10.7 Å². The van der Waals surface area contributed by atoms with Crippen molar-refractivity contribution >= 4 is 22.7 Å². The minimum Gasteiger partial charge on any atom is -0.307 e. The summed E-state index contributed by atoms with van der Waals surface area (Å²) >= 11 is 3.39. The van der Waals surface area contributed by atoms with E-state index in [1.54, 1.807) is 22.7 Å². The fraction of sp³-hybridized carbons (Fsp3) is 0.600. The van der Waals surface area contributed by atoms with Crippen LogP contribution in [0.4, 0.5) is 0 Å². The maximum absolute atomic E-state index is 4.82. The minimum absolute atomic E-state index is 0.125. The molecule has 2 aromatic heterocycles. The summed E-state index contributed by atoms with van der Waals surface area (Å²) in [5.41, 5.74) is 4.22. The molecule has 0 aliphatic heterocycles. The second kappa shape index (κ2) is 6.33. The lowest BCUT2D eigenvalue weighted by Gasteiger charge is -2.20. The average molecular weight is 310 g/mol. The maximum atomic E-state index is 4.82. The molecule has 2 aromatic rings. The molecule has 20 heavy (non-hydrogen) atoms. The van der Waals surface area contributed by atoms with E-state index in [4.69, 9.17) is 4.98 Å². The quantitative estimate of drug-likeness (QED) is 0.892. The second-order valence-electron chi connectivity index (χ2n) is 6.46. The molecule has 3 nitrogen and oxygen atoms in total. The molecule has 0 aliphatic rings. The Hall–Kier alpha value is -0.780. The molecular weight excluding hydrogens is 286 g/mol. The van der Waals surface area contributed by atoms with Crippen molar-refractivity contribution in [1.82, 2.24) is 15.3 Å². The summed E-state index contributed by atoms with van der Waals surface area (Å²) in [7, 11) is 0. The highest BCUT2D eigenvalue weighted by Crippen LogP contribution is 2.29. The Bertz CT molecular complexity index is 536. The van der Waals surface area contributed by atoms with Gasteiger partial charge in [-0.3, -0.25) is 0 Å². The van der Waals surface area contributed by atoms with Crippen molar-refractivity contribution in [2.24, 2.45) is 5.92 Å². The molecule has 0 spiro atoms. The predicted octanol–water partition coefficient (Wildman–Crippen LogP) is 4.35. The molecule has 0 radical (unpaired) electrons. The van der Waals surface area contributed by atoms with Crippen LogP contribution in [0, 0.1) is 5.92 Å². The molecule has 0 amide bonds. The minimum atomic E-state index is 0.125. The first kappa shape index (κ1) is 15.6. The van der Waals surface area contributed by atoms with Crippen molar-refractivity contribution in [1.29, 1.82) is 0 Å². The van der Waals surface area contributed by atoms with Gasteiger partial charge in [0.2, 0.25) is 0 Å².